The fourth-order valence-electron chi connectivity index (χ4n) is 5.12. The number of alkyl halides is 1. The van der Waals surface area contributed by atoms with E-state index < -0.39 is 48.0 Å². The molecule has 6 N–H and O–H groups in total. The first-order chi connectivity index (χ1) is 18.6. The number of aromatic nitrogens is 2. The van der Waals surface area contributed by atoms with E-state index in [2.05, 4.69) is 6.92 Å². The highest BCUT2D eigenvalue weighted by Crippen LogP contribution is 2.44. The number of hydrogen-bond acceptors (Lipinski definition) is 9. The zero-order valence-electron chi connectivity index (χ0n) is 23.4. The second kappa shape index (κ2) is 15.9. The van der Waals surface area contributed by atoms with E-state index in [1.807, 2.05) is 4.98 Å². The minimum absolute atomic E-state index is 0.0178. The van der Waals surface area contributed by atoms with Gasteiger partial charge in [-0.1, -0.05) is 90.9 Å². The van der Waals surface area contributed by atoms with E-state index in [0.29, 0.717) is 17.4 Å². The number of halogens is 1. The summed E-state index contributed by atoms with van der Waals surface area (Å²) in [6, 6.07) is 0. The van der Waals surface area contributed by atoms with Gasteiger partial charge in [-0.2, -0.15) is 0 Å². The molecule has 1 aliphatic heterocycles. The number of ether oxygens (including phenoxy) is 1. The van der Waals surface area contributed by atoms with Crippen LogP contribution in [0.3, 0.4) is 0 Å². The summed E-state index contributed by atoms with van der Waals surface area (Å²) in [6.45, 7) is 2.89. The standard InChI is InChI=1S/C27H48FN3O8/c1-3-5-6-7-8-9-10-11-12-13-14-15-16-17-22(28)31(38)26(36)23(33)21(19-32)39-27(26,37)30-18-20(4-2)24(34)29-25(30)35/h18,21-23,32-33,36-38H,3-17,19H2,1-2H3,(H,29,34,35)/t21-,22?,23-,26-,27-/m1/s1. The predicted molar refractivity (Wildman–Crippen MR) is 143 cm³/mol. The first-order valence-electron chi connectivity index (χ1n) is 14.5. The van der Waals surface area contributed by atoms with E-state index in [0.717, 1.165) is 25.5 Å². The van der Waals surface area contributed by atoms with Crippen molar-refractivity contribution in [1.82, 2.24) is 14.6 Å². The molecule has 0 amide bonds. The molecule has 0 aliphatic carbocycles. The monoisotopic (exact) mass is 561 g/mol. The molecule has 1 aromatic rings. The Morgan fingerprint density at radius 1 is 1.00 bits per heavy atom. The lowest BCUT2D eigenvalue weighted by Crippen LogP contribution is -2.69. The largest absolute Gasteiger partial charge is 0.394 e. The van der Waals surface area contributed by atoms with Crippen LogP contribution in [0.2, 0.25) is 0 Å². The van der Waals surface area contributed by atoms with Gasteiger partial charge in [0.05, 0.1) is 6.61 Å². The summed E-state index contributed by atoms with van der Waals surface area (Å²) in [7, 11) is 0. The Kier molecular flexibility index (Phi) is 13.7. The molecule has 226 valence electrons. The van der Waals surface area contributed by atoms with Crippen molar-refractivity contribution in [3.8, 4) is 0 Å². The number of aliphatic hydroxyl groups is 4. The predicted octanol–water partition coefficient (Wildman–Crippen LogP) is 2.61. The molecular formula is C27H48FN3O8. The lowest BCUT2D eigenvalue weighted by atomic mass is 9.99. The average molecular weight is 562 g/mol. The lowest BCUT2D eigenvalue weighted by molar-refractivity contribution is -0.428. The maximum atomic E-state index is 15.1. The summed E-state index contributed by atoms with van der Waals surface area (Å²) in [6.07, 6.45) is 8.81. The average Bonchev–Trinajstić information content (AvgIpc) is 3.12. The molecule has 0 saturated carbocycles. The summed E-state index contributed by atoms with van der Waals surface area (Å²) < 4.78 is 20.7. The van der Waals surface area contributed by atoms with Gasteiger partial charge in [0.1, 0.15) is 12.2 Å². The zero-order valence-corrected chi connectivity index (χ0v) is 23.4. The van der Waals surface area contributed by atoms with Crippen molar-refractivity contribution in [3.63, 3.8) is 0 Å². The number of rotatable bonds is 19. The van der Waals surface area contributed by atoms with Gasteiger partial charge in [-0.15, -0.1) is 5.06 Å². The van der Waals surface area contributed by atoms with E-state index in [1.165, 1.54) is 51.4 Å². The van der Waals surface area contributed by atoms with Crippen LogP contribution in [0, 0.1) is 0 Å². The van der Waals surface area contributed by atoms with Crippen LogP contribution in [0.15, 0.2) is 15.8 Å². The molecule has 0 bridgehead atoms. The maximum Gasteiger partial charge on any atom is 0.332 e. The van der Waals surface area contributed by atoms with E-state index in [1.54, 1.807) is 6.92 Å². The molecular weight excluding hydrogens is 513 g/mol. The van der Waals surface area contributed by atoms with Crippen molar-refractivity contribution in [2.75, 3.05) is 6.61 Å². The maximum absolute atomic E-state index is 15.1. The smallest absolute Gasteiger partial charge is 0.332 e. The Balaban J connectivity index is 1.93. The number of aliphatic hydroxyl groups excluding tert-OH is 2. The van der Waals surface area contributed by atoms with Crippen molar-refractivity contribution in [3.05, 3.63) is 32.6 Å². The summed E-state index contributed by atoms with van der Waals surface area (Å²) in [5.41, 5.74) is -5.24. The third-order valence-corrected chi connectivity index (χ3v) is 7.62. The van der Waals surface area contributed by atoms with E-state index in [-0.39, 0.29) is 23.5 Å². The molecule has 1 aliphatic rings. The highest BCUT2D eigenvalue weighted by Gasteiger charge is 2.71. The van der Waals surface area contributed by atoms with Crippen LogP contribution in [0.5, 0.6) is 0 Å². The number of aromatic amines is 1. The van der Waals surface area contributed by atoms with Crippen LogP contribution in [0.4, 0.5) is 4.39 Å². The third kappa shape index (κ3) is 7.96. The van der Waals surface area contributed by atoms with Gasteiger partial charge in [0, 0.05) is 11.8 Å². The topological polar surface area (TPSA) is 168 Å². The zero-order chi connectivity index (χ0) is 29.1. The normalized spacial score (nSPS) is 26.0. The first kappa shape index (κ1) is 33.5. The second-order valence-corrected chi connectivity index (χ2v) is 10.6. The number of nitrogens with zero attached hydrogens (tertiary/aromatic N) is 2. The SMILES string of the molecule is CCCCCCCCCCCCCCCC(F)N(O)[C@@]1(O)[C@H](O)[C@@H](CO)O[C@@]1(O)n1cc(CC)c(=O)[nH]c1=O. The number of H-pyrrole nitrogens is 1. The first-order valence-corrected chi connectivity index (χ1v) is 14.5. The summed E-state index contributed by atoms with van der Waals surface area (Å²) in [4.78, 5) is 26.4. The molecule has 12 heteroatoms. The van der Waals surface area contributed by atoms with Crippen molar-refractivity contribution in [2.24, 2.45) is 0 Å². The highest BCUT2D eigenvalue weighted by atomic mass is 19.1. The molecule has 0 aromatic carbocycles. The van der Waals surface area contributed by atoms with Gasteiger partial charge in [0.25, 0.3) is 5.56 Å². The number of unbranched alkanes of at least 4 members (excludes halogenated alkanes) is 12. The highest BCUT2D eigenvalue weighted by molar-refractivity contribution is 5.10. The molecule has 11 nitrogen and oxygen atoms in total. The molecule has 1 aromatic heterocycles. The molecule has 1 saturated heterocycles. The van der Waals surface area contributed by atoms with Crippen molar-refractivity contribution >= 4 is 0 Å². The summed E-state index contributed by atoms with van der Waals surface area (Å²) >= 11 is 0. The Labute approximate surface area is 229 Å². The van der Waals surface area contributed by atoms with E-state index in [9.17, 15) is 35.2 Å². The van der Waals surface area contributed by atoms with Crippen molar-refractivity contribution < 1.29 is 34.8 Å². The van der Waals surface area contributed by atoms with E-state index in [4.69, 9.17) is 4.74 Å². The van der Waals surface area contributed by atoms with Crippen LogP contribution in [-0.2, 0) is 17.1 Å². The molecule has 0 radical (unpaired) electrons. The molecule has 1 fully saturated rings. The van der Waals surface area contributed by atoms with Gasteiger partial charge in [0.15, 0.2) is 6.30 Å². The Morgan fingerprint density at radius 2 is 1.51 bits per heavy atom. The molecule has 0 spiro atoms. The van der Waals surface area contributed by atoms with Gasteiger partial charge < -0.3 is 30.4 Å². The fourth-order valence-corrected chi connectivity index (χ4v) is 5.12. The number of aryl methyl sites for hydroxylation is 1. The fraction of sp³-hybridized carbons (Fsp3) is 0.852. The Bertz CT molecular complexity index is 975. The van der Waals surface area contributed by atoms with Crippen LogP contribution < -0.4 is 11.2 Å². The van der Waals surface area contributed by atoms with Crippen molar-refractivity contribution in [2.45, 2.75) is 140 Å². The van der Waals surface area contributed by atoms with Crippen LogP contribution in [-0.4, -0.2) is 71.1 Å². The molecule has 1 unspecified atom stereocenters. The van der Waals surface area contributed by atoms with E-state index >= 15 is 4.39 Å². The van der Waals surface area contributed by atoms with Gasteiger partial charge in [-0.3, -0.25) is 9.78 Å². The number of hydroxylamine groups is 2. The Morgan fingerprint density at radius 3 is 2.00 bits per heavy atom. The summed E-state index contributed by atoms with van der Waals surface area (Å²) in [5.74, 6) is -3.24. The minimum atomic E-state index is -3.29. The van der Waals surface area contributed by atoms with Gasteiger partial charge in [-0.05, 0) is 19.3 Å². The van der Waals surface area contributed by atoms with Crippen molar-refractivity contribution in [1.29, 1.82) is 0 Å². The number of hydrogen-bond donors (Lipinski definition) is 6. The van der Waals surface area contributed by atoms with Crippen LogP contribution in [0.25, 0.3) is 0 Å². The van der Waals surface area contributed by atoms with Crippen LogP contribution in [0.1, 0.15) is 109 Å². The summed E-state index contributed by atoms with van der Waals surface area (Å²) in [5, 5.41) is 53.2. The minimum Gasteiger partial charge on any atom is -0.394 e. The third-order valence-electron chi connectivity index (χ3n) is 7.62. The molecule has 2 rings (SSSR count). The van der Waals surface area contributed by atoms with Gasteiger partial charge in [-0.25, -0.2) is 13.8 Å². The quantitative estimate of drug-likeness (QED) is 0.0643. The number of nitrogens with one attached hydrogen (secondary N) is 1. The van der Waals surface area contributed by atoms with Gasteiger partial charge in [0.2, 0.25) is 5.72 Å². The van der Waals surface area contributed by atoms with Gasteiger partial charge >= 0.3 is 11.6 Å². The molecule has 2 heterocycles. The molecule has 39 heavy (non-hydrogen) atoms. The van der Waals surface area contributed by atoms with Crippen LogP contribution >= 0.6 is 0 Å². The Hall–Kier alpha value is -1.67. The second-order valence-electron chi connectivity index (χ2n) is 10.6. The lowest BCUT2D eigenvalue weighted by Gasteiger charge is -2.43. The molecule has 5 atom stereocenters.